The molecule has 128 valence electrons. The zero-order valence-electron chi connectivity index (χ0n) is 13.5. The van der Waals surface area contributed by atoms with Gasteiger partial charge in [-0.25, -0.2) is 9.78 Å². The summed E-state index contributed by atoms with van der Waals surface area (Å²) in [6, 6.07) is 0. The molecule has 0 spiro atoms. The predicted molar refractivity (Wildman–Crippen MR) is 88.4 cm³/mol. The highest BCUT2D eigenvalue weighted by atomic mass is 35.5. The Morgan fingerprint density at radius 2 is 2.12 bits per heavy atom. The summed E-state index contributed by atoms with van der Waals surface area (Å²) in [5, 5.41) is 22.8. The second-order valence-electron chi connectivity index (χ2n) is 5.57. The zero-order chi connectivity index (χ0) is 17.3. The molecule has 0 atom stereocenters. The molecule has 24 heavy (non-hydrogen) atoms. The van der Waals surface area contributed by atoms with Crippen LogP contribution >= 0.6 is 11.6 Å². The summed E-state index contributed by atoms with van der Waals surface area (Å²) < 4.78 is 3.77. The summed E-state index contributed by atoms with van der Waals surface area (Å²) in [6.07, 6.45) is 0.544. The van der Waals surface area contributed by atoms with Gasteiger partial charge in [0.1, 0.15) is 11.3 Å². The van der Waals surface area contributed by atoms with Gasteiger partial charge in [-0.2, -0.15) is 4.52 Å². The van der Waals surface area contributed by atoms with Crippen molar-refractivity contribution >= 4 is 34.4 Å². The first-order valence-electron chi connectivity index (χ1n) is 7.63. The van der Waals surface area contributed by atoms with E-state index in [1.54, 1.807) is 4.52 Å². The number of tetrazole rings is 1. The fourth-order valence-electron chi connectivity index (χ4n) is 2.86. The lowest BCUT2D eigenvalue weighted by atomic mass is 10.2. The molecule has 3 aromatic heterocycles. The van der Waals surface area contributed by atoms with Gasteiger partial charge in [0.2, 0.25) is 5.65 Å². The number of nitrogens with one attached hydrogen (secondary N) is 1. The maximum Gasteiger partial charge on any atom is 0.404 e. The van der Waals surface area contributed by atoms with E-state index in [2.05, 4.69) is 30.4 Å². The molecule has 0 radical (unpaired) electrons. The number of halogens is 1. The smallest absolute Gasteiger partial charge is 0.404 e. The Kier molecular flexibility index (Phi) is 4.52. The van der Waals surface area contributed by atoms with Gasteiger partial charge in [-0.1, -0.05) is 0 Å². The first-order chi connectivity index (χ1) is 11.5. The van der Waals surface area contributed by atoms with Crippen molar-refractivity contribution in [2.45, 2.75) is 39.1 Å². The summed E-state index contributed by atoms with van der Waals surface area (Å²) in [7, 11) is 0. The molecule has 0 bridgehead atoms. The van der Waals surface area contributed by atoms with Crippen molar-refractivity contribution in [3.05, 3.63) is 17.1 Å². The quantitative estimate of drug-likeness (QED) is 0.518. The Labute approximate surface area is 142 Å². The molecular formula is C14H18ClN7O2. The number of rotatable bonds is 6. The van der Waals surface area contributed by atoms with Crippen LogP contribution in [-0.4, -0.2) is 47.3 Å². The van der Waals surface area contributed by atoms with Crippen molar-refractivity contribution in [1.82, 2.24) is 34.9 Å². The number of hydrogen-bond donors (Lipinski definition) is 2. The molecule has 3 aromatic rings. The van der Waals surface area contributed by atoms with Gasteiger partial charge in [-0.05, 0) is 42.7 Å². The minimum Gasteiger partial charge on any atom is -0.465 e. The number of unbranched alkanes of at least 4 members (excludes halogenated alkanes) is 1. The van der Waals surface area contributed by atoms with Crippen LogP contribution in [0.3, 0.4) is 0 Å². The number of fused-ring (bicyclic) bond motifs is 3. The maximum absolute atomic E-state index is 10.5. The van der Waals surface area contributed by atoms with Crippen molar-refractivity contribution in [3.63, 3.8) is 0 Å². The van der Waals surface area contributed by atoms with Crippen molar-refractivity contribution in [3.8, 4) is 0 Å². The lowest BCUT2D eigenvalue weighted by Gasteiger charge is -2.11. The van der Waals surface area contributed by atoms with Crippen LogP contribution in [0.4, 0.5) is 4.79 Å². The third-order valence-electron chi connectivity index (χ3n) is 4.15. The van der Waals surface area contributed by atoms with Crippen LogP contribution in [0.5, 0.6) is 0 Å². The zero-order valence-corrected chi connectivity index (χ0v) is 14.2. The number of hydrogen-bond acceptors (Lipinski definition) is 5. The van der Waals surface area contributed by atoms with Gasteiger partial charge in [0, 0.05) is 18.8 Å². The lowest BCUT2D eigenvalue weighted by molar-refractivity contribution is 0.194. The monoisotopic (exact) mass is 351 g/mol. The Morgan fingerprint density at radius 1 is 1.33 bits per heavy atom. The van der Waals surface area contributed by atoms with Crippen molar-refractivity contribution in [2.24, 2.45) is 0 Å². The van der Waals surface area contributed by atoms with E-state index < -0.39 is 6.09 Å². The molecule has 0 aliphatic rings. The highest BCUT2D eigenvalue weighted by Crippen LogP contribution is 2.26. The molecule has 1 amide bonds. The fourth-order valence-corrected chi connectivity index (χ4v) is 3.06. The summed E-state index contributed by atoms with van der Waals surface area (Å²) in [5.41, 5.74) is 4.35. The first kappa shape index (κ1) is 16.4. The number of alkyl halides is 1. The fraction of sp³-hybridized carbons (Fsp3) is 0.500. The van der Waals surface area contributed by atoms with Crippen LogP contribution in [0.25, 0.3) is 16.7 Å². The summed E-state index contributed by atoms with van der Waals surface area (Å²) in [5.74, 6) is 1.05. The molecule has 3 rings (SSSR count). The summed E-state index contributed by atoms with van der Waals surface area (Å²) in [6.45, 7) is 5.11. The molecule has 0 fully saturated rings. The minimum absolute atomic E-state index is 0.286. The van der Waals surface area contributed by atoms with Crippen molar-refractivity contribution in [2.75, 3.05) is 6.54 Å². The van der Waals surface area contributed by atoms with Gasteiger partial charge < -0.3 is 15.0 Å². The highest BCUT2D eigenvalue weighted by Gasteiger charge is 2.19. The number of carbonyl (C=O) groups is 1. The molecule has 0 aliphatic carbocycles. The third-order valence-corrected chi connectivity index (χ3v) is 4.39. The average Bonchev–Trinajstić information content (AvgIpc) is 3.16. The normalized spacial score (nSPS) is 11.5. The maximum atomic E-state index is 10.5. The number of aromatic nitrogens is 6. The number of imidazole rings is 1. The number of pyridine rings is 1. The van der Waals surface area contributed by atoms with Crippen LogP contribution in [0.1, 0.15) is 29.9 Å². The summed E-state index contributed by atoms with van der Waals surface area (Å²) in [4.78, 5) is 15.1. The third kappa shape index (κ3) is 2.75. The van der Waals surface area contributed by atoms with Crippen molar-refractivity contribution in [1.29, 1.82) is 0 Å². The lowest BCUT2D eigenvalue weighted by Crippen LogP contribution is -2.22. The molecule has 0 unspecified atom stereocenters. The topological polar surface area (TPSA) is 110 Å². The number of nitrogens with zero attached hydrogens (tertiary/aromatic N) is 6. The minimum atomic E-state index is -1.00. The van der Waals surface area contributed by atoms with E-state index in [4.69, 9.17) is 16.7 Å². The predicted octanol–water partition coefficient (Wildman–Crippen LogP) is 1.88. The van der Waals surface area contributed by atoms with E-state index in [1.165, 1.54) is 0 Å². The van der Waals surface area contributed by atoms with Gasteiger partial charge in [0.25, 0.3) is 0 Å². The largest absolute Gasteiger partial charge is 0.465 e. The van der Waals surface area contributed by atoms with Crippen molar-refractivity contribution < 1.29 is 9.90 Å². The number of carboxylic acid groups (broad SMARTS) is 1. The first-order valence-corrected chi connectivity index (χ1v) is 8.17. The number of amides is 1. The average molecular weight is 352 g/mol. The van der Waals surface area contributed by atoms with E-state index >= 15 is 0 Å². The van der Waals surface area contributed by atoms with Gasteiger partial charge in [0.15, 0.2) is 0 Å². The molecule has 2 N–H and O–H groups in total. The molecule has 3 heterocycles. The van der Waals surface area contributed by atoms with Crippen LogP contribution in [-0.2, 0) is 12.4 Å². The SMILES string of the molecule is Cc1c(C)n2nnnc2c2nc(CCl)n(CCCCNC(=O)O)c12. The van der Waals surface area contributed by atoms with Crippen LogP contribution in [0, 0.1) is 13.8 Å². The second kappa shape index (κ2) is 6.60. The van der Waals surface area contributed by atoms with E-state index in [9.17, 15) is 4.79 Å². The van der Waals surface area contributed by atoms with Gasteiger partial charge >= 0.3 is 6.09 Å². The van der Waals surface area contributed by atoms with Crippen LogP contribution < -0.4 is 5.32 Å². The summed E-state index contributed by atoms with van der Waals surface area (Å²) >= 11 is 6.07. The Morgan fingerprint density at radius 3 is 2.83 bits per heavy atom. The molecule has 0 aliphatic heterocycles. The second-order valence-corrected chi connectivity index (χ2v) is 5.84. The molecule has 10 heteroatoms. The van der Waals surface area contributed by atoms with Crippen LogP contribution in [0.2, 0.25) is 0 Å². The molecule has 0 saturated heterocycles. The van der Waals surface area contributed by atoms with E-state index in [1.807, 2.05) is 13.8 Å². The number of aryl methyl sites for hydroxylation is 3. The standard InChI is InChI=1S/C14H18ClN7O2/c1-8-9(2)22-13(18-19-20-22)11-12(8)21(10(7-15)17-11)6-4-3-5-16-14(23)24/h16H,3-7H2,1-2H3,(H,23,24). The van der Waals surface area contributed by atoms with Crippen LogP contribution in [0.15, 0.2) is 0 Å². The van der Waals surface area contributed by atoms with E-state index in [0.29, 0.717) is 18.7 Å². The van der Waals surface area contributed by atoms with E-state index in [0.717, 1.165) is 41.0 Å². The Hall–Kier alpha value is -2.42. The molecule has 0 aromatic carbocycles. The Balaban J connectivity index is 1.97. The van der Waals surface area contributed by atoms with Gasteiger partial charge in [0.05, 0.1) is 11.4 Å². The molecule has 9 nitrogen and oxygen atoms in total. The highest BCUT2D eigenvalue weighted by molar-refractivity contribution is 6.17. The molecular weight excluding hydrogens is 334 g/mol. The van der Waals surface area contributed by atoms with E-state index in [-0.39, 0.29) is 5.88 Å². The van der Waals surface area contributed by atoms with Gasteiger partial charge in [-0.15, -0.1) is 16.7 Å². The van der Waals surface area contributed by atoms with Gasteiger partial charge in [-0.3, -0.25) is 0 Å². The molecule has 0 saturated carbocycles. The Bertz CT molecular complexity index is 902.